The fourth-order valence-electron chi connectivity index (χ4n) is 0. The zero-order chi connectivity index (χ0) is 7.21. The molecule has 0 unspecified atom stereocenters. The summed E-state index contributed by atoms with van der Waals surface area (Å²) in [4.78, 5) is 28.5. The first-order chi connectivity index (χ1) is 3.41. The summed E-state index contributed by atoms with van der Waals surface area (Å²) >= 11 is 0. The Balaban J connectivity index is -0.0000000800. The molecule has 9 heteroatoms. The van der Waals surface area contributed by atoms with Crippen LogP contribution >= 0.6 is 16.5 Å². The van der Waals surface area contributed by atoms with Gasteiger partial charge in [0.1, 0.15) is 0 Å². The molecule has 0 aliphatic carbocycles. The van der Waals surface area contributed by atoms with Gasteiger partial charge in [0.05, 0.1) is 0 Å². The van der Waals surface area contributed by atoms with Crippen molar-refractivity contribution in [3.63, 3.8) is 0 Å². The first kappa shape index (κ1) is 16.6. The van der Waals surface area contributed by atoms with Crippen molar-refractivity contribution >= 4 is 46.1 Å². The fraction of sp³-hybridized carbons (Fsp3) is 0. The third-order valence-electron chi connectivity index (χ3n) is 0. The van der Waals surface area contributed by atoms with Crippen molar-refractivity contribution in [2.24, 2.45) is 0 Å². The molecular formula is H5NaO6P2. The number of rotatable bonds is 0. The van der Waals surface area contributed by atoms with E-state index in [9.17, 15) is 0 Å². The Morgan fingerprint density at radius 3 is 1.22 bits per heavy atom. The van der Waals surface area contributed by atoms with Gasteiger partial charge in [0, 0.05) is 0 Å². The van der Waals surface area contributed by atoms with Crippen molar-refractivity contribution < 1.29 is 28.7 Å². The van der Waals surface area contributed by atoms with E-state index in [4.69, 9.17) is 28.7 Å². The van der Waals surface area contributed by atoms with E-state index in [0.29, 0.717) is 0 Å². The molecule has 0 aromatic rings. The Morgan fingerprint density at radius 1 is 1.22 bits per heavy atom. The predicted molar refractivity (Wildman–Crippen MR) is 31.2 cm³/mol. The van der Waals surface area contributed by atoms with Gasteiger partial charge >= 0.3 is 46.1 Å². The normalized spacial score (nSPS) is 8.89. The molecule has 6 nitrogen and oxygen atoms in total. The van der Waals surface area contributed by atoms with Gasteiger partial charge in [0.25, 0.3) is 0 Å². The van der Waals surface area contributed by atoms with E-state index in [2.05, 4.69) is 0 Å². The van der Waals surface area contributed by atoms with E-state index in [1.54, 1.807) is 0 Å². The predicted octanol–water partition coefficient (Wildman–Crippen LogP) is -1.39. The van der Waals surface area contributed by atoms with Crippen LogP contribution in [0.5, 0.6) is 0 Å². The van der Waals surface area contributed by atoms with Gasteiger partial charge in [-0.1, -0.05) is 0 Å². The summed E-state index contributed by atoms with van der Waals surface area (Å²) < 4.78 is 17.3. The third kappa shape index (κ3) is 344. The van der Waals surface area contributed by atoms with Crippen molar-refractivity contribution in [3.05, 3.63) is 0 Å². The fourth-order valence-corrected chi connectivity index (χ4v) is 0. The van der Waals surface area contributed by atoms with Gasteiger partial charge in [0.15, 0.2) is 0 Å². The van der Waals surface area contributed by atoms with Crippen LogP contribution in [0, 0.1) is 0 Å². The molecule has 0 saturated heterocycles. The molecule has 0 atom stereocenters. The molecule has 0 amide bonds. The second-order valence-electron chi connectivity index (χ2n) is 0.595. The summed E-state index contributed by atoms with van der Waals surface area (Å²) in [5.74, 6) is 0. The molecule has 0 rings (SSSR count). The Morgan fingerprint density at radius 2 is 1.22 bits per heavy atom. The summed E-state index contributed by atoms with van der Waals surface area (Å²) in [6.07, 6.45) is 0. The van der Waals surface area contributed by atoms with E-state index in [-0.39, 0.29) is 29.6 Å². The maximum absolute atomic E-state index is 8.88. The van der Waals surface area contributed by atoms with Crippen LogP contribution < -0.4 is 0 Å². The molecule has 0 aromatic carbocycles. The van der Waals surface area contributed by atoms with Crippen LogP contribution in [0.2, 0.25) is 0 Å². The monoisotopic (exact) mass is 186 g/mol. The van der Waals surface area contributed by atoms with E-state index < -0.39 is 16.5 Å². The first-order valence-electron chi connectivity index (χ1n) is 1.17. The topological polar surface area (TPSA) is 115 Å². The number of hydrogen-bond acceptors (Lipinski definition) is 2. The molecule has 0 aromatic heterocycles. The van der Waals surface area contributed by atoms with Gasteiger partial charge in [-0.25, -0.2) is 9.13 Å². The van der Waals surface area contributed by atoms with E-state index in [0.717, 1.165) is 0 Å². The summed E-state index contributed by atoms with van der Waals surface area (Å²) in [7, 11) is -5.47. The summed E-state index contributed by atoms with van der Waals surface area (Å²) in [6, 6.07) is 0. The first-order valence-corrected chi connectivity index (χ1v) is 3.50. The third-order valence-corrected chi connectivity index (χ3v) is 0. The van der Waals surface area contributed by atoms with Crippen LogP contribution in [0.1, 0.15) is 0 Å². The summed E-state index contributed by atoms with van der Waals surface area (Å²) in [5, 5.41) is 0. The molecule has 0 spiro atoms. The zero-order valence-electron chi connectivity index (χ0n) is 3.50. The second kappa shape index (κ2) is 9.17. The van der Waals surface area contributed by atoms with Crippen molar-refractivity contribution in [1.29, 1.82) is 0 Å². The van der Waals surface area contributed by atoms with Crippen LogP contribution in [-0.4, -0.2) is 49.1 Å². The van der Waals surface area contributed by atoms with Crippen LogP contribution in [0.15, 0.2) is 0 Å². The minimum absolute atomic E-state index is 0. The average Bonchev–Trinajstić information content (AvgIpc) is 1.27. The average molecular weight is 186 g/mol. The molecule has 0 bridgehead atoms. The minimum atomic E-state index is -4.64. The molecule has 0 saturated carbocycles. The Labute approximate surface area is 74.7 Å². The van der Waals surface area contributed by atoms with Crippen LogP contribution in [0.25, 0.3) is 0 Å². The Hall–Kier alpha value is 1.17. The Kier molecular flexibility index (Phi) is 16.9. The molecule has 0 aliphatic heterocycles. The van der Waals surface area contributed by atoms with Crippen LogP contribution in [0.3, 0.4) is 0 Å². The van der Waals surface area contributed by atoms with Gasteiger partial charge in [-0.2, -0.15) is 0 Å². The van der Waals surface area contributed by atoms with Crippen LogP contribution in [0.4, 0.5) is 0 Å². The maximum atomic E-state index is 8.88. The SMILES string of the molecule is O=P(O)(O)O.O=PO.[NaH]. The van der Waals surface area contributed by atoms with Gasteiger partial charge in [-0.3, -0.25) is 0 Å². The van der Waals surface area contributed by atoms with E-state index >= 15 is 0 Å². The van der Waals surface area contributed by atoms with Gasteiger partial charge in [0.2, 0.25) is 0 Å². The summed E-state index contributed by atoms with van der Waals surface area (Å²) in [6.45, 7) is 0. The Bertz CT molecular complexity index is 85.0. The van der Waals surface area contributed by atoms with E-state index in [1.165, 1.54) is 0 Å². The van der Waals surface area contributed by atoms with Crippen molar-refractivity contribution in [1.82, 2.24) is 0 Å². The van der Waals surface area contributed by atoms with Crippen molar-refractivity contribution in [2.45, 2.75) is 0 Å². The van der Waals surface area contributed by atoms with Gasteiger partial charge in [-0.15, -0.1) is 0 Å². The summed E-state index contributed by atoms with van der Waals surface area (Å²) in [5.41, 5.74) is 0. The second-order valence-corrected chi connectivity index (χ2v) is 1.78. The molecule has 0 aliphatic rings. The molecule has 0 heterocycles. The number of phosphoric acid groups is 1. The van der Waals surface area contributed by atoms with Crippen molar-refractivity contribution in [2.75, 3.05) is 0 Å². The number of hydrogen-bond donors (Lipinski definition) is 4. The molecule has 0 fully saturated rings. The quantitative estimate of drug-likeness (QED) is 0.273. The molecule has 52 valence electrons. The van der Waals surface area contributed by atoms with Crippen molar-refractivity contribution in [3.8, 4) is 0 Å². The van der Waals surface area contributed by atoms with Gasteiger partial charge in [-0.05, 0) is 0 Å². The van der Waals surface area contributed by atoms with E-state index in [1.807, 2.05) is 0 Å². The standard InChI is InChI=1S/Na.H3O4P.HO2P.H/c;1-5(2,3)4;1-3-2;/h;(H3,1,2,3,4);(H,1,2);. The molecule has 9 heavy (non-hydrogen) atoms. The zero-order valence-corrected chi connectivity index (χ0v) is 5.29. The van der Waals surface area contributed by atoms with Gasteiger partial charge < -0.3 is 19.6 Å². The molecule has 4 N–H and O–H groups in total. The van der Waals surface area contributed by atoms with Crippen LogP contribution in [-0.2, 0) is 9.13 Å². The molecule has 0 radical (unpaired) electrons. The molecular weight excluding hydrogens is 181 g/mol.